The average Bonchev–Trinajstić information content (AvgIpc) is 3.11. The first kappa shape index (κ1) is 49.4. The molecule has 4 heteroatoms. The number of aliphatic carboxylic acids is 2. The number of carboxylic acids is 2. The molecule has 2 N–H and O–H groups in total. The van der Waals surface area contributed by atoms with Crippen molar-refractivity contribution in [3.63, 3.8) is 0 Å². The highest BCUT2D eigenvalue weighted by Crippen LogP contribution is 2.18. The largest absolute Gasteiger partial charge is 0.478 e. The molecule has 0 aromatic carbocycles. The van der Waals surface area contributed by atoms with Crippen molar-refractivity contribution in [1.82, 2.24) is 0 Å². The van der Waals surface area contributed by atoms with Gasteiger partial charge >= 0.3 is 11.9 Å². The van der Waals surface area contributed by atoms with Crippen LogP contribution < -0.4 is 0 Å². The summed E-state index contributed by atoms with van der Waals surface area (Å²) in [5, 5.41) is 17.1. The molecule has 0 spiro atoms. The highest BCUT2D eigenvalue weighted by atomic mass is 16.4. The highest BCUT2D eigenvalue weighted by Gasteiger charge is 1.98. The van der Waals surface area contributed by atoms with Crippen molar-refractivity contribution in [1.29, 1.82) is 0 Å². The van der Waals surface area contributed by atoms with Crippen molar-refractivity contribution < 1.29 is 19.8 Å². The van der Waals surface area contributed by atoms with Gasteiger partial charge in [0.1, 0.15) is 0 Å². The van der Waals surface area contributed by atoms with Gasteiger partial charge in [0.25, 0.3) is 0 Å². The Kier molecular flexibility index (Phi) is 43.2. The lowest BCUT2D eigenvalue weighted by atomic mass is 10.0. The van der Waals surface area contributed by atoms with E-state index in [-0.39, 0.29) is 0 Å². The molecule has 0 unspecified atom stereocenters. The Morgan fingerprint density at radius 1 is 0.235 bits per heavy atom. The molecule has 0 heterocycles. The summed E-state index contributed by atoms with van der Waals surface area (Å²) in [7, 11) is 0. The summed E-state index contributed by atoms with van der Waals surface area (Å²) in [6.45, 7) is 0. The second kappa shape index (κ2) is 44.6. The third-order valence-electron chi connectivity index (χ3n) is 10.8. The molecule has 0 amide bonds. The second-order valence-electron chi connectivity index (χ2n) is 15.8. The van der Waals surface area contributed by atoms with E-state index in [2.05, 4.69) is 0 Å². The topological polar surface area (TPSA) is 74.6 Å². The molecule has 51 heavy (non-hydrogen) atoms. The quantitative estimate of drug-likeness (QED) is 0.0486. The molecule has 0 atom stereocenters. The van der Waals surface area contributed by atoms with Crippen LogP contribution in [0.25, 0.3) is 0 Å². The van der Waals surface area contributed by atoms with Crippen LogP contribution in [-0.2, 0) is 9.59 Å². The van der Waals surface area contributed by atoms with Crippen LogP contribution in [0.15, 0.2) is 24.3 Å². The molecular weight excluding hydrogens is 629 g/mol. The van der Waals surface area contributed by atoms with E-state index < -0.39 is 11.9 Å². The van der Waals surface area contributed by atoms with Gasteiger partial charge in [-0.3, -0.25) is 0 Å². The fourth-order valence-electron chi connectivity index (χ4n) is 7.43. The minimum absolute atomic E-state index is 0.831. The number of unbranched alkanes of at least 4 members (excludes halogenated alkanes) is 40. The van der Waals surface area contributed by atoms with Crippen LogP contribution in [0.3, 0.4) is 0 Å². The predicted molar refractivity (Wildman–Crippen MR) is 223 cm³/mol. The molecule has 0 saturated heterocycles. The maximum absolute atomic E-state index is 10.4. The van der Waals surface area contributed by atoms with Crippen molar-refractivity contribution >= 4 is 11.9 Å². The van der Waals surface area contributed by atoms with Crippen LogP contribution in [0.1, 0.15) is 263 Å². The van der Waals surface area contributed by atoms with Crippen molar-refractivity contribution in [2.45, 2.75) is 263 Å². The van der Waals surface area contributed by atoms with Gasteiger partial charge in [0.05, 0.1) is 0 Å². The zero-order chi connectivity index (χ0) is 37.0. The average molecular weight is 717 g/mol. The van der Waals surface area contributed by atoms with Crippen molar-refractivity contribution in [2.75, 3.05) is 0 Å². The zero-order valence-corrected chi connectivity index (χ0v) is 34.0. The van der Waals surface area contributed by atoms with Crippen molar-refractivity contribution in [2.24, 2.45) is 0 Å². The summed E-state index contributed by atoms with van der Waals surface area (Å²) < 4.78 is 0. The van der Waals surface area contributed by atoms with Crippen LogP contribution in [-0.4, -0.2) is 22.2 Å². The number of rotatable bonds is 44. The van der Waals surface area contributed by atoms with Gasteiger partial charge in [0, 0.05) is 12.2 Å². The SMILES string of the molecule is O=C(O)C=CCCCCCCCCCCCCCCCCCCCCCCCCCCCCCCCCCCCCCCCCCC=CC(=O)O. The Hall–Kier alpha value is -1.58. The van der Waals surface area contributed by atoms with Gasteiger partial charge in [-0.1, -0.05) is 250 Å². The minimum Gasteiger partial charge on any atom is -0.478 e. The summed E-state index contributed by atoms with van der Waals surface area (Å²) in [5.41, 5.74) is 0. The zero-order valence-electron chi connectivity index (χ0n) is 34.0. The van der Waals surface area contributed by atoms with E-state index in [1.54, 1.807) is 12.2 Å². The number of allylic oxidation sites excluding steroid dienone is 2. The molecule has 0 bridgehead atoms. The monoisotopic (exact) mass is 717 g/mol. The number of carbonyl (C=O) groups is 2. The molecule has 0 saturated carbocycles. The van der Waals surface area contributed by atoms with E-state index in [1.807, 2.05) is 0 Å². The summed E-state index contributed by atoms with van der Waals surface area (Å²) in [4.78, 5) is 20.8. The fourth-order valence-corrected chi connectivity index (χ4v) is 7.43. The smallest absolute Gasteiger partial charge is 0.327 e. The molecule has 0 rings (SSSR count). The Morgan fingerprint density at radius 2 is 0.353 bits per heavy atom. The van der Waals surface area contributed by atoms with E-state index in [4.69, 9.17) is 10.2 Å². The van der Waals surface area contributed by atoms with E-state index in [1.165, 1.54) is 250 Å². The number of hydrogen-bond donors (Lipinski definition) is 2. The standard InChI is InChI=1S/C47H88O4/c48-46(49)44-42-40-38-36-34-32-30-28-26-24-22-20-18-16-14-12-10-8-6-4-2-1-3-5-7-9-11-13-15-17-19-21-23-25-27-29-31-33-35-37-39-41-43-45-47(50)51/h42-45H,1-41H2,(H,48,49)(H,50,51). The second-order valence-corrected chi connectivity index (χ2v) is 15.8. The predicted octanol–water partition coefficient (Wildman–Crippen LogP) is 16.3. The highest BCUT2D eigenvalue weighted by molar-refractivity contribution is 5.79. The molecular formula is C47H88O4. The molecule has 0 aliphatic carbocycles. The summed E-state index contributed by atoms with van der Waals surface area (Å²) in [5.74, 6) is -1.66. The summed E-state index contributed by atoms with van der Waals surface area (Å²) in [6, 6.07) is 0. The molecule has 0 radical (unpaired) electrons. The lowest BCUT2D eigenvalue weighted by Crippen LogP contribution is -1.86. The first-order chi connectivity index (χ1) is 25.1. The Bertz CT molecular complexity index is 695. The van der Waals surface area contributed by atoms with Gasteiger partial charge in [-0.25, -0.2) is 9.59 Å². The van der Waals surface area contributed by atoms with Gasteiger partial charge in [-0.2, -0.15) is 0 Å². The summed E-state index contributed by atoms with van der Waals surface area (Å²) in [6.07, 6.45) is 62.5. The lowest BCUT2D eigenvalue weighted by molar-refractivity contribution is -0.132. The van der Waals surface area contributed by atoms with E-state index in [9.17, 15) is 9.59 Å². The number of carboxylic acid groups (broad SMARTS) is 2. The first-order valence-corrected chi connectivity index (χ1v) is 22.9. The molecule has 300 valence electrons. The van der Waals surface area contributed by atoms with Crippen molar-refractivity contribution in [3.8, 4) is 0 Å². The van der Waals surface area contributed by atoms with Gasteiger partial charge in [0.2, 0.25) is 0 Å². The van der Waals surface area contributed by atoms with Crippen LogP contribution in [0.2, 0.25) is 0 Å². The molecule has 0 aliphatic heterocycles. The maximum atomic E-state index is 10.4. The Balaban J connectivity index is 3.08. The fraction of sp³-hybridized carbons (Fsp3) is 0.872. The molecule has 0 aromatic heterocycles. The van der Waals surface area contributed by atoms with E-state index in [0.29, 0.717) is 0 Å². The normalized spacial score (nSPS) is 11.8. The lowest BCUT2D eigenvalue weighted by Gasteiger charge is -2.05. The van der Waals surface area contributed by atoms with Gasteiger partial charge in [-0.05, 0) is 25.7 Å². The van der Waals surface area contributed by atoms with E-state index in [0.717, 1.165) is 25.7 Å². The molecule has 4 nitrogen and oxygen atoms in total. The Labute approximate surface area is 318 Å². The number of hydrogen-bond acceptors (Lipinski definition) is 2. The van der Waals surface area contributed by atoms with Crippen LogP contribution in [0.5, 0.6) is 0 Å². The Morgan fingerprint density at radius 3 is 0.471 bits per heavy atom. The van der Waals surface area contributed by atoms with Crippen LogP contribution >= 0.6 is 0 Å². The maximum Gasteiger partial charge on any atom is 0.327 e. The molecule has 0 aliphatic rings. The molecule has 0 aromatic rings. The van der Waals surface area contributed by atoms with Crippen molar-refractivity contribution in [3.05, 3.63) is 24.3 Å². The third-order valence-corrected chi connectivity index (χ3v) is 10.8. The van der Waals surface area contributed by atoms with Gasteiger partial charge in [-0.15, -0.1) is 0 Å². The molecule has 0 fully saturated rings. The third kappa shape index (κ3) is 48.4. The van der Waals surface area contributed by atoms with Crippen LogP contribution in [0.4, 0.5) is 0 Å². The minimum atomic E-state index is -0.831. The van der Waals surface area contributed by atoms with Crippen LogP contribution in [0, 0.1) is 0 Å². The van der Waals surface area contributed by atoms with Gasteiger partial charge in [0.15, 0.2) is 0 Å². The first-order valence-electron chi connectivity index (χ1n) is 22.9. The van der Waals surface area contributed by atoms with E-state index >= 15 is 0 Å². The van der Waals surface area contributed by atoms with Gasteiger partial charge < -0.3 is 10.2 Å². The summed E-state index contributed by atoms with van der Waals surface area (Å²) >= 11 is 0.